The van der Waals surface area contributed by atoms with Crippen molar-refractivity contribution >= 4 is 22.8 Å². The van der Waals surface area contributed by atoms with Gasteiger partial charge < -0.3 is 9.72 Å². The number of aromatic amines is 1. The maximum absolute atomic E-state index is 12.3. The summed E-state index contributed by atoms with van der Waals surface area (Å²) in [5.74, 6) is 0.595. The summed E-state index contributed by atoms with van der Waals surface area (Å²) in [5, 5.41) is 4.98. The maximum Gasteiger partial charge on any atom is 0.253 e. The molecule has 3 rings (SSSR count). The first-order valence-electron chi connectivity index (χ1n) is 8.39. The van der Waals surface area contributed by atoms with Crippen molar-refractivity contribution < 1.29 is 4.74 Å². The quantitative estimate of drug-likeness (QED) is 0.552. The molecule has 2 N–H and O–H groups in total. The van der Waals surface area contributed by atoms with Gasteiger partial charge in [-0.1, -0.05) is 12.1 Å². The molecule has 6 heteroatoms. The molecule has 0 spiro atoms. The number of ether oxygens (including phenoxy) is 1. The summed E-state index contributed by atoms with van der Waals surface area (Å²) in [6.45, 7) is 7.58. The van der Waals surface area contributed by atoms with Gasteiger partial charge in [0.15, 0.2) is 0 Å². The first-order valence-corrected chi connectivity index (χ1v) is 8.39. The smallest absolute Gasteiger partial charge is 0.253 e. The zero-order valence-electron chi connectivity index (χ0n) is 15.6. The lowest BCUT2D eigenvalue weighted by atomic mass is 9.97. The highest BCUT2D eigenvalue weighted by Crippen LogP contribution is 2.32. The first kappa shape index (κ1) is 17.7. The minimum atomic E-state index is -0.134. The van der Waals surface area contributed by atoms with Crippen molar-refractivity contribution in [1.82, 2.24) is 9.97 Å². The van der Waals surface area contributed by atoms with Crippen molar-refractivity contribution in [2.75, 3.05) is 12.5 Å². The predicted octanol–water partition coefficient (Wildman–Crippen LogP) is 3.94. The molecule has 0 aliphatic carbocycles. The van der Waals surface area contributed by atoms with Crippen molar-refractivity contribution in [1.29, 1.82) is 0 Å². The summed E-state index contributed by atoms with van der Waals surface area (Å²) in [7, 11) is 1.61. The largest absolute Gasteiger partial charge is 0.481 e. The number of hydrazone groups is 1. The summed E-state index contributed by atoms with van der Waals surface area (Å²) in [6.07, 6.45) is 1.65. The van der Waals surface area contributed by atoms with E-state index in [2.05, 4.69) is 20.5 Å². The Morgan fingerprint density at radius 1 is 1.23 bits per heavy atom. The van der Waals surface area contributed by atoms with Crippen molar-refractivity contribution in [2.24, 2.45) is 5.10 Å². The van der Waals surface area contributed by atoms with Gasteiger partial charge in [0.05, 0.1) is 18.3 Å². The van der Waals surface area contributed by atoms with Gasteiger partial charge in [-0.3, -0.25) is 10.2 Å². The Morgan fingerprint density at radius 2 is 2.00 bits per heavy atom. The molecule has 2 heterocycles. The molecule has 0 amide bonds. The molecule has 0 unspecified atom stereocenters. The summed E-state index contributed by atoms with van der Waals surface area (Å²) in [4.78, 5) is 19.7. The number of H-pyrrole nitrogens is 1. The summed E-state index contributed by atoms with van der Waals surface area (Å²) >= 11 is 0. The predicted molar refractivity (Wildman–Crippen MR) is 106 cm³/mol. The molecule has 0 aliphatic rings. The van der Waals surface area contributed by atoms with Gasteiger partial charge in [0, 0.05) is 34.5 Å². The molecule has 0 atom stereocenters. The molecule has 0 radical (unpaired) electrons. The number of nitrogens with one attached hydrogen (secondary N) is 2. The van der Waals surface area contributed by atoms with Crippen molar-refractivity contribution in [2.45, 2.75) is 27.7 Å². The van der Waals surface area contributed by atoms with E-state index in [1.807, 2.05) is 45.0 Å². The van der Waals surface area contributed by atoms with Crippen LogP contribution in [0.4, 0.5) is 5.69 Å². The van der Waals surface area contributed by atoms with E-state index in [1.54, 1.807) is 20.2 Å². The third-order valence-electron chi connectivity index (χ3n) is 4.43. The topological polar surface area (TPSA) is 79.4 Å². The van der Waals surface area contributed by atoms with Crippen LogP contribution < -0.4 is 15.7 Å². The van der Waals surface area contributed by atoms with Crippen LogP contribution in [0.25, 0.3) is 22.0 Å². The van der Waals surface area contributed by atoms with Crippen LogP contribution in [0.15, 0.2) is 34.2 Å². The van der Waals surface area contributed by atoms with E-state index in [-0.39, 0.29) is 5.56 Å². The molecule has 6 nitrogen and oxygen atoms in total. The molecular weight excluding hydrogens is 328 g/mol. The minimum absolute atomic E-state index is 0.134. The van der Waals surface area contributed by atoms with E-state index < -0.39 is 0 Å². The number of aryl methyl sites for hydroxylation is 2. The van der Waals surface area contributed by atoms with Crippen molar-refractivity contribution in [3.63, 3.8) is 0 Å². The van der Waals surface area contributed by atoms with E-state index in [1.165, 1.54) is 0 Å². The van der Waals surface area contributed by atoms with Gasteiger partial charge in [0.1, 0.15) is 0 Å². The number of aromatic nitrogens is 2. The second-order valence-corrected chi connectivity index (χ2v) is 6.16. The zero-order valence-corrected chi connectivity index (χ0v) is 15.6. The second kappa shape index (κ2) is 7.00. The monoisotopic (exact) mass is 350 g/mol. The van der Waals surface area contributed by atoms with Crippen LogP contribution in [0.1, 0.15) is 23.7 Å². The van der Waals surface area contributed by atoms with E-state index in [0.717, 1.165) is 39.0 Å². The molecule has 0 saturated carbocycles. The first-order chi connectivity index (χ1) is 12.5. The van der Waals surface area contributed by atoms with Crippen LogP contribution in [0.2, 0.25) is 0 Å². The number of nitrogens with zero attached hydrogens (tertiary/aromatic N) is 2. The van der Waals surface area contributed by atoms with E-state index in [4.69, 9.17) is 4.74 Å². The summed E-state index contributed by atoms with van der Waals surface area (Å²) in [6, 6.07) is 7.91. The average Bonchev–Trinajstić information content (AvgIpc) is 2.61. The van der Waals surface area contributed by atoms with Crippen LogP contribution in [0.3, 0.4) is 0 Å². The number of pyridine rings is 2. The van der Waals surface area contributed by atoms with Gasteiger partial charge in [-0.05, 0) is 44.9 Å². The number of rotatable bonds is 4. The summed E-state index contributed by atoms with van der Waals surface area (Å²) in [5.41, 5.74) is 8.88. The van der Waals surface area contributed by atoms with Crippen LogP contribution in [-0.4, -0.2) is 23.3 Å². The Labute approximate surface area is 151 Å². The van der Waals surface area contributed by atoms with Crippen LogP contribution in [0.5, 0.6) is 5.88 Å². The van der Waals surface area contributed by atoms with Gasteiger partial charge in [0.2, 0.25) is 5.88 Å². The summed E-state index contributed by atoms with van der Waals surface area (Å²) < 4.78 is 5.24. The number of anilines is 1. The third kappa shape index (κ3) is 3.06. The zero-order chi connectivity index (χ0) is 18.8. The maximum atomic E-state index is 12.3. The molecular formula is C20H22N4O2. The Balaban J connectivity index is 2.23. The van der Waals surface area contributed by atoms with Crippen LogP contribution in [0, 0.1) is 20.8 Å². The molecule has 0 aliphatic heterocycles. The molecule has 3 aromatic rings. The number of fused-ring (bicyclic) bond motifs is 1. The Bertz CT molecular complexity index is 1040. The van der Waals surface area contributed by atoms with Gasteiger partial charge in [-0.15, -0.1) is 0 Å². The minimum Gasteiger partial charge on any atom is -0.481 e. The van der Waals surface area contributed by atoms with Gasteiger partial charge >= 0.3 is 0 Å². The normalized spacial score (nSPS) is 11.3. The van der Waals surface area contributed by atoms with E-state index in [0.29, 0.717) is 11.4 Å². The highest BCUT2D eigenvalue weighted by molar-refractivity contribution is 5.95. The van der Waals surface area contributed by atoms with Crippen molar-refractivity contribution in [3.8, 4) is 17.0 Å². The number of methoxy groups -OCH3 is 1. The molecule has 1 aromatic carbocycles. The van der Waals surface area contributed by atoms with E-state index >= 15 is 0 Å². The Hall–Kier alpha value is -3.15. The van der Waals surface area contributed by atoms with Crippen molar-refractivity contribution in [3.05, 3.63) is 51.4 Å². The molecule has 0 bridgehead atoms. The van der Waals surface area contributed by atoms with Gasteiger partial charge in [-0.2, -0.15) is 5.10 Å². The molecule has 2 aromatic heterocycles. The number of hydrogen-bond acceptors (Lipinski definition) is 5. The fraction of sp³-hybridized carbons (Fsp3) is 0.250. The second-order valence-electron chi connectivity index (χ2n) is 6.16. The molecule has 26 heavy (non-hydrogen) atoms. The van der Waals surface area contributed by atoms with Gasteiger partial charge in [-0.25, -0.2) is 4.98 Å². The van der Waals surface area contributed by atoms with E-state index in [9.17, 15) is 4.79 Å². The lowest BCUT2D eigenvalue weighted by Gasteiger charge is -2.14. The SMILES string of the molecule is C/C=N\Nc1c(C)c(=O)[nH]c2cc(-c3c(C)cc(OC)nc3C)ccc12. The fourth-order valence-electron chi connectivity index (χ4n) is 3.16. The van der Waals surface area contributed by atoms with Crippen LogP contribution >= 0.6 is 0 Å². The van der Waals surface area contributed by atoms with Crippen LogP contribution in [-0.2, 0) is 0 Å². The lowest BCUT2D eigenvalue weighted by Crippen LogP contribution is -2.12. The molecule has 0 fully saturated rings. The van der Waals surface area contributed by atoms with Gasteiger partial charge in [0.25, 0.3) is 5.56 Å². The standard InChI is InChI=1S/C20H22N4O2/c1-6-21-24-19-12(3)20(25)23-16-10-14(7-8-15(16)19)18-11(2)9-17(26-5)22-13(18)4/h6-10H,1-5H3,(H2,23,24,25)/b21-6-. The highest BCUT2D eigenvalue weighted by atomic mass is 16.5. The Morgan fingerprint density at radius 3 is 2.65 bits per heavy atom. The lowest BCUT2D eigenvalue weighted by molar-refractivity contribution is 0.396. The highest BCUT2D eigenvalue weighted by Gasteiger charge is 2.13. The Kier molecular flexibility index (Phi) is 4.75. The average molecular weight is 350 g/mol. The third-order valence-corrected chi connectivity index (χ3v) is 4.43. The number of hydrogen-bond donors (Lipinski definition) is 2. The molecule has 0 saturated heterocycles. The fourth-order valence-corrected chi connectivity index (χ4v) is 3.16. The number of benzene rings is 1. The molecule has 134 valence electrons.